The Morgan fingerprint density at radius 2 is 1.11 bits per heavy atom. The largest absolute Gasteiger partial charge is 0.496 e. The Morgan fingerprint density at radius 1 is 0.583 bits per heavy atom. The number of hydrogen-bond donors (Lipinski definition) is 0. The van der Waals surface area contributed by atoms with Crippen LogP contribution in [-0.2, 0) is 0 Å². The van der Waals surface area contributed by atoms with Gasteiger partial charge in [-0.05, 0) is 62.2 Å². The number of fused-ring (bicyclic) bond motifs is 1. The first kappa shape index (κ1) is 24.2. The molecule has 5 aromatic carbocycles. The van der Waals surface area contributed by atoms with Gasteiger partial charge in [-0.1, -0.05) is 123 Å². The fourth-order valence-corrected chi connectivity index (χ4v) is 5.76. The predicted molar refractivity (Wildman–Crippen MR) is 157 cm³/mol. The van der Waals surface area contributed by atoms with Crippen LogP contribution in [0.5, 0.6) is 5.75 Å². The molecule has 0 fully saturated rings. The zero-order chi connectivity index (χ0) is 25.4. The van der Waals surface area contributed by atoms with Gasteiger partial charge in [-0.25, -0.2) is 0 Å². The van der Waals surface area contributed by atoms with E-state index in [2.05, 4.69) is 100 Å². The Kier molecular flexibility index (Phi) is 6.64. The highest BCUT2D eigenvalue weighted by molar-refractivity contribution is 6.97. The number of benzene rings is 5. The topological polar surface area (TPSA) is 9.23 Å². The molecule has 0 aliphatic rings. The molecule has 0 atom stereocenters. The maximum Gasteiger partial charge on any atom is 0.242 e. The Labute approximate surface area is 219 Å². The molecule has 0 saturated heterocycles. The minimum Gasteiger partial charge on any atom is -0.496 e. The molecular weight excluding hydrogens is 459 g/mol. The normalized spacial score (nSPS) is 11.1. The summed E-state index contributed by atoms with van der Waals surface area (Å²) in [5.74, 6) is 0.778. The standard InChI is InChI=1S/C33H30BClO/c1-21-14-22(2)17-25(16-21)34(26-18-23(3)15-24(4)19-26)32-13-12-29(28-8-6-7-9-30(28)32)31-11-10-27(35)20-33(31)36-5/h6-20H,1-5H3. The SMILES string of the molecule is COc1cc(Cl)ccc1-c1ccc(B(c2cc(C)cc(C)c2)c2cc(C)cc(C)c2)c2ccccc12. The lowest BCUT2D eigenvalue weighted by Crippen LogP contribution is -2.52. The van der Waals surface area contributed by atoms with Crippen molar-refractivity contribution in [3.8, 4) is 16.9 Å². The van der Waals surface area contributed by atoms with Crippen molar-refractivity contribution in [1.29, 1.82) is 0 Å². The average Bonchev–Trinajstić information content (AvgIpc) is 2.83. The number of aryl methyl sites for hydroxylation is 4. The van der Waals surface area contributed by atoms with E-state index < -0.39 is 0 Å². The average molecular weight is 489 g/mol. The van der Waals surface area contributed by atoms with Gasteiger partial charge in [0.25, 0.3) is 0 Å². The number of ether oxygens (including phenoxy) is 1. The van der Waals surface area contributed by atoms with Crippen molar-refractivity contribution in [2.24, 2.45) is 0 Å². The summed E-state index contributed by atoms with van der Waals surface area (Å²) in [6.45, 7) is 8.85. The van der Waals surface area contributed by atoms with Crippen LogP contribution in [0.1, 0.15) is 22.3 Å². The predicted octanol–water partition coefficient (Wildman–Crippen LogP) is 6.92. The minimum atomic E-state index is 0.119. The monoisotopic (exact) mass is 488 g/mol. The molecule has 36 heavy (non-hydrogen) atoms. The molecule has 0 amide bonds. The highest BCUT2D eigenvalue weighted by atomic mass is 35.5. The zero-order valence-electron chi connectivity index (χ0n) is 21.5. The number of halogens is 1. The second kappa shape index (κ2) is 9.87. The van der Waals surface area contributed by atoms with Crippen LogP contribution in [0, 0.1) is 27.7 Å². The molecule has 3 heteroatoms. The summed E-state index contributed by atoms with van der Waals surface area (Å²) in [5.41, 5.74) is 11.3. The fourth-order valence-electron chi connectivity index (χ4n) is 5.60. The summed E-state index contributed by atoms with van der Waals surface area (Å²) >= 11 is 6.27. The van der Waals surface area contributed by atoms with E-state index in [-0.39, 0.29) is 6.71 Å². The van der Waals surface area contributed by atoms with Gasteiger partial charge in [-0.15, -0.1) is 0 Å². The van der Waals surface area contributed by atoms with Gasteiger partial charge < -0.3 is 4.74 Å². The summed E-state index contributed by atoms with van der Waals surface area (Å²) < 4.78 is 5.71. The molecule has 0 spiro atoms. The first-order chi connectivity index (χ1) is 17.3. The van der Waals surface area contributed by atoms with Crippen molar-refractivity contribution in [2.75, 3.05) is 7.11 Å². The Bertz CT molecular complexity index is 1500. The number of methoxy groups -OCH3 is 1. The lowest BCUT2D eigenvalue weighted by atomic mass is 9.36. The van der Waals surface area contributed by atoms with Gasteiger partial charge in [0, 0.05) is 10.6 Å². The van der Waals surface area contributed by atoms with Crippen LogP contribution < -0.4 is 21.1 Å². The van der Waals surface area contributed by atoms with Gasteiger partial charge in [0.1, 0.15) is 5.75 Å². The molecule has 0 heterocycles. The van der Waals surface area contributed by atoms with Crippen molar-refractivity contribution < 1.29 is 4.74 Å². The lowest BCUT2D eigenvalue weighted by molar-refractivity contribution is 0.416. The highest BCUT2D eigenvalue weighted by Crippen LogP contribution is 2.36. The molecule has 0 radical (unpaired) electrons. The number of rotatable bonds is 5. The molecular formula is C33H30BClO. The van der Waals surface area contributed by atoms with Gasteiger partial charge in [-0.3, -0.25) is 0 Å². The second-order valence-corrected chi connectivity index (χ2v) is 10.3. The molecule has 0 N–H and O–H groups in total. The minimum absolute atomic E-state index is 0.119. The number of hydrogen-bond acceptors (Lipinski definition) is 1. The van der Waals surface area contributed by atoms with E-state index in [1.165, 1.54) is 49.4 Å². The van der Waals surface area contributed by atoms with Crippen molar-refractivity contribution in [3.63, 3.8) is 0 Å². The maximum atomic E-state index is 6.27. The van der Waals surface area contributed by atoms with Crippen molar-refractivity contribution in [1.82, 2.24) is 0 Å². The molecule has 5 aromatic rings. The van der Waals surface area contributed by atoms with Crippen LogP contribution in [0.15, 0.2) is 91.0 Å². The van der Waals surface area contributed by atoms with E-state index in [4.69, 9.17) is 16.3 Å². The molecule has 0 unspecified atom stereocenters. The molecule has 1 nitrogen and oxygen atoms in total. The quantitative estimate of drug-likeness (QED) is 0.244. The van der Waals surface area contributed by atoms with E-state index in [0.29, 0.717) is 5.02 Å². The maximum absolute atomic E-state index is 6.27. The third-order valence-electron chi connectivity index (χ3n) is 6.88. The third-order valence-corrected chi connectivity index (χ3v) is 7.11. The molecule has 0 aliphatic heterocycles. The van der Waals surface area contributed by atoms with Crippen LogP contribution in [0.25, 0.3) is 21.9 Å². The van der Waals surface area contributed by atoms with Crippen LogP contribution in [0.4, 0.5) is 0 Å². The van der Waals surface area contributed by atoms with Crippen molar-refractivity contribution in [2.45, 2.75) is 27.7 Å². The molecule has 178 valence electrons. The third kappa shape index (κ3) is 4.66. The van der Waals surface area contributed by atoms with Crippen LogP contribution >= 0.6 is 11.6 Å². The van der Waals surface area contributed by atoms with E-state index in [9.17, 15) is 0 Å². The smallest absolute Gasteiger partial charge is 0.242 e. The Balaban J connectivity index is 1.81. The van der Waals surface area contributed by atoms with Gasteiger partial charge in [0.2, 0.25) is 6.71 Å². The van der Waals surface area contributed by atoms with E-state index >= 15 is 0 Å². The summed E-state index contributed by atoms with van der Waals surface area (Å²) in [5, 5.41) is 3.12. The Hall–Kier alpha value is -3.49. The Morgan fingerprint density at radius 3 is 1.67 bits per heavy atom. The van der Waals surface area contributed by atoms with Crippen LogP contribution in [0.2, 0.25) is 5.02 Å². The summed E-state index contributed by atoms with van der Waals surface area (Å²) in [7, 11) is 1.70. The fraction of sp³-hybridized carbons (Fsp3) is 0.152. The highest BCUT2D eigenvalue weighted by Gasteiger charge is 2.26. The van der Waals surface area contributed by atoms with Gasteiger partial charge >= 0.3 is 0 Å². The second-order valence-electron chi connectivity index (χ2n) is 9.87. The van der Waals surface area contributed by atoms with Crippen LogP contribution in [0.3, 0.4) is 0 Å². The van der Waals surface area contributed by atoms with E-state index in [0.717, 1.165) is 16.9 Å². The molecule has 0 aromatic heterocycles. The molecule has 0 saturated carbocycles. The van der Waals surface area contributed by atoms with Gasteiger partial charge in [0.15, 0.2) is 0 Å². The summed E-state index contributed by atoms with van der Waals surface area (Å²) in [4.78, 5) is 0. The molecule has 5 rings (SSSR count). The zero-order valence-corrected chi connectivity index (χ0v) is 22.3. The summed E-state index contributed by atoms with van der Waals surface area (Å²) in [6.07, 6.45) is 0. The van der Waals surface area contributed by atoms with Crippen molar-refractivity contribution >= 4 is 45.5 Å². The molecule has 0 aliphatic carbocycles. The first-order valence-corrected chi connectivity index (χ1v) is 12.7. The van der Waals surface area contributed by atoms with Crippen LogP contribution in [-0.4, -0.2) is 13.8 Å². The van der Waals surface area contributed by atoms with Crippen molar-refractivity contribution in [3.05, 3.63) is 118 Å². The van der Waals surface area contributed by atoms with Gasteiger partial charge in [-0.2, -0.15) is 0 Å². The van der Waals surface area contributed by atoms with E-state index in [1.807, 2.05) is 18.2 Å². The molecule has 0 bridgehead atoms. The van der Waals surface area contributed by atoms with Gasteiger partial charge in [0.05, 0.1) is 7.11 Å². The lowest BCUT2D eigenvalue weighted by Gasteiger charge is -2.21. The first-order valence-electron chi connectivity index (χ1n) is 12.4. The van der Waals surface area contributed by atoms with E-state index in [1.54, 1.807) is 7.11 Å². The summed E-state index contributed by atoms with van der Waals surface area (Å²) in [6, 6.07) is 32.9.